The van der Waals surface area contributed by atoms with E-state index in [1.807, 2.05) is 16.8 Å². The highest BCUT2D eigenvalue weighted by Crippen LogP contribution is 2.27. The minimum atomic E-state index is 0.284. The Kier molecular flexibility index (Phi) is 2.19. The summed E-state index contributed by atoms with van der Waals surface area (Å²) in [7, 11) is 2.11. The molecule has 2 heterocycles. The van der Waals surface area contributed by atoms with E-state index in [1.54, 1.807) is 12.1 Å². The Labute approximate surface area is 100 Å². The third kappa shape index (κ3) is 1.61. The monoisotopic (exact) mass is 229 g/mol. The summed E-state index contributed by atoms with van der Waals surface area (Å²) >= 11 is 0. The third-order valence-corrected chi connectivity index (χ3v) is 3.23. The molecule has 1 N–H and O–H groups in total. The van der Waals surface area contributed by atoms with Crippen LogP contribution < -0.4 is 0 Å². The maximum Gasteiger partial charge on any atom is 0.115 e. The number of hydrogen-bond acceptors (Lipinski definition) is 3. The minimum absolute atomic E-state index is 0.284. The molecule has 1 aliphatic heterocycles. The van der Waals surface area contributed by atoms with Crippen molar-refractivity contribution < 1.29 is 5.11 Å². The van der Waals surface area contributed by atoms with E-state index in [-0.39, 0.29) is 5.75 Å². The Morgan fingerprint density at radius 2 is 1.88 bits per heavy atom. The van der Waals surface area contributed by atoms with Gasteiger partial charge in [-0.1, -0.05) is 0 Å². The molecule has 0 saturated carbocycles. The average Bonchev–Trinajstić information content (AvgIpc) is 2.80. The van der Waals surface area contributed by atoms with Crippen LogP contribution in [0.4, 0.5) is 0 Å². The fourth-order valence-electron chi connectivity index (χ4n) is 2.36. The van der Waals surface area contributed by atoms with E-state index in [9.17, 15) is 5.11 Å². The van der Waals surface area contributed by atoms with Crippen LogP contribution in [0.5, 0.6) is 5.75 Å². The van der Waals surface area contributed by atoms with Crippen LogP contribution in [-0.2, 0) is 13.1 Å². The third-order valence-electron chi connectivity index (χ3n) is 3.23. The molecule has 0 fully saturated rings. The summed E-state index contributed by atoms with van der Waals surface area (Å²) < 4.78 is 1.98. The van der Waals surface area contributed by atoms with Crippen LogP contribution in [0.25, 0.3) is 5.69 Å². The molecule has 1 aromatic carbocycles. The van der Waals surface area contributed by atoms with Crippen molar-refractivity contribution in [2.24, 2.45) is 0 Å². The first-order chi connectivity index (χ1) is 8.15. The molecule has 88 valence electrons. The maximum absolute atomic E-state index is 9.31. The first kappa shape index (κ1) is 10.4. The van der Waals surface area contributed by atoms with Crippen LogP contribution >= 0.6 is 0 Å². The van der Waals surface area contributed by atoms with Crippen molar-refractivity contribution in [3.05, 3.63) is 41.2 Å². The first-order valence-corrected chi connectivity index (χ1v) is 5.70. The standard InChI is InChI=1S/C13H15N3O/c1-9-12-7-15(2)8-13(12)16(14-9)10-3-5-11(17)6-4-10/h3-6,17H,7-8H2,1-2H3. The molecular formula is C13H15N3O. The number of aryl methyl sites for hydroxylation is 1. The Hall–Kier alpha value is -1.81. The predicted octanol–water partition coefficient (Wildman–Crippen LogP) is 1.83. The van der Waals surface area contributed by atoms with E-state index in [4.69, 9.17) is 0 Å². The van der Waals surface area contributed by atoms with Crippen LogP contribution in [0, 0.1) is 6.92 Å². The molecule has 17 heavy (non-hydrogen) atoms. The largest absolute Gasteiger partial charge is 0.508 e. The van der Waals surface area contributed by atoms with E-state index >= 15 is 0 Å². The fraction of sp³-hybridized carbons (Fsp3) is 0.308. The molecule has 0 saturated heterocycles. The van der Waals surface area contributed by atoms with Gasteiger partial charge in [0, 0.05) is 18.7 Å². The smallest absolute Gasteiger partial charge is 0.115 e. The highest BCUT2D eigenvalue weighted by molar-refractivity contribution is 5.41. The molecule has 4 heteroatoms. The molecule has 1 aromatic heterocycles. The van der Waals surface area contributed by atoms with Gasteiger partial charge in [-0.05, 0) is 38.2 Å². The summed E-state index contributed by atoms with van der Waals surface area (Å²) in [5.41, 5.74) is 4.69. The van der Waals surface area contributed by atoms with E-state index in [0.29, 0.717) is 0 Å². The lowest BCUT2D eigenvalue weighted by Crippen LogP contribution is -2.11. The van der Waals surface area contributed by atoms with Gasteiger partial charge >= 0.3 is 0 Å². The second kappa shape index (κ2) is 3.60. The van der Waals surface area contributed by atoms with E-state index in [0.717, 1.165) is 24.5 Å². The minimum Gasteiger partial charge on any atom is -0.508 e. The number of aromatic nitrogens is 2. The van der Waals surface area contributed by atoms with E-state index in [1.165, 1.54) is 11.3 Å². The summed E-state index contributed by atoms with van der Waals surface area (Å²) in [6, 6.07) is 7.16. The van der Waals surface area contributed by atoms with E-state index < -0.39 is 0 Å². The maximum atomic E-state index is 9.31. The summed E-state index contributed by atoms with van der Waals surface area (Å²) in [5.74, 6) is 0.284. The Bertz CT molecular complexity index is 557. The molecule has 3 rings (SSSR count). The lowest BCUT2D eigenvalue weighted by atomic mass is 10.2. The molecule has 1 aliphatic rings. The second-order valence-electron chi connectivity index (χ2n) is 4.61. The van der Waals surface area contributed by atoms with Gasteiger partial charge in [0.1, 0.15) is 5.75 Å². The van der Waals surface area contributed by atoms with Crippen LogP contribution in [0.1, 0.15) is 17.0 Å². The summed E-state index contributed by atoms with van der Waals surface area (Å²) in [6.45, 7) is 3.95. The Morgan fingerprint density at radius 3 is 2.59 bits per heavy atom. The average molecular weight is 229 g/mol. The van der Waals surface area contributed by atoms with Gasteiger partial charge in [0.2, 0.25) is 0 Å². The zero-order valence-electron chi connectivity index (χ0n) is 10.0. The van der Waals surface area contributed by atoms with Crippen LogP contribution in [0.2, 0.25) is 0 Å². The Balaban J connectivity index is 2.10. The lowest BCUT2D eigenvalue weighted by Gasteiger charge is -2.09. The van der Waals surface area contributed by atoms with Crippen molar-refractivity contribution in [2.45, 2.75) is 20.0 Å². The SMILES string of the molecule is Cc1nn(-c2ccc(O)cc2)c2c1CN(C)C2. The van der Waals surface area contributed by atoms with Crippen LogP contribution in [0.15, 0.2) is 24.3 Å². The molecule has 0 radical (unpaired) electrons. The number of phenolic OH excluding ortho intramolecular Hbond substituents is 1. The van der Waals surface area contributed by atoms with E-state index in [2.05, 4.69) is 24.0 Å². The van der Waals surface area contributed by atoms with Crippen molar-refractivity contribution in [2.75, 3.05) is 7.05 Å². The summed E-state index contributed by atoms with van der Waals surface area (Å²) in [4.78, 5) is 2.27. The lowest BCUT2D eigenvalue weighted by molar-refractivity contribution is 0.345. The predicted molar refractivity (Wildman–Crippen MR) is 65.1 cm³/mol. The van der Waals surface area contributed by atoms with Crippen LogP contribution in [-0.4, -0.2) is 26.8 Å². The molecule has 0 unspecified atom stereocenters. The summed E-state index contributed by atoms with van der Waals surface area (Å²) in [5, 5.41) is 13.9. The van der Waals surface area contributed by atoms with Gasteiger partial charge in [-0.15, -0.1) is 0 Å². The zero-order valence-corrected chi connectivity index (χ0v) is 10.0. The zero-order chi connectivity index (χ0) is 12.0. The molecule has 2 aromatic rings. The molecule has 0 spiro atoms. The number of fused-ring (bicyclic) bond motifs is 1. The molecule has 0 amide bonds. The van der Waals surface area contributed by atoms with Crippen molar-refractivity contribution in [1.82, 2.24) is 14.7 Å². The number of phenols is 1. The topological polar surface area (TPSA) is 41.3 Å². The number of aromatic hydroxyl groups is 1. The second-order valence-corrected chi connectivity index (χ2v) is 4.61. The van der Waals surface area contributed by atoms with Gasteiger partial charge in [-0.25, -0.2) is 4.68 Å². The molecule has 0 aliphatic carbocycles. The quantitative estimate of drug-likeness (QED) is 0.811. The molecular weight excluding hydrogens is 214 g/mol. The normalized spacial score (nSPS) is 15.2. The molecule has 0 atom stereocenters. The van der Waals surface area contributed by atoms with Gasteiger partial charge < -0.3 is 5.11 Å². The molecule has 0 bridgehead atoms. The van der Waals surface area contributed by atoms with Gasteiger partial charge in [-0.2, -0.15) is 5.10 Å². The van der Waals surface area contributed by atoms with Crippen molar-refractivity contribution in [1.29, 1.82) is 0 Å². The van der Waals surface area contributed by atoms with Crippen LogP contribution in [0.3, 0.4) is 0 Å². The van der Waals surface area contributed by atoms with Crippen molar-refractivity contribution in [3.8, 4) is 11.4 Å². The van der Waals surface area contributed by atoms with Gasteiger partial charge in [0.15, 0.2) is 0 Å². The number of hydrogen-bond donors (Lipinski definition) is 1. The number of nitrogens with zero attached hydrogens (tertiary/aromatic N) is 3. The highest BCUT2D eigenvalue weighted by Gasteiger charge is 2.24. The highest BCUT2D eigenvalue weighted by atomic mass is 16.3. The first-order valence-electron chi connectivity index (χ1n) is 5.70. The fourth-order valence-corrected chi connectivity index (χ4v) is 2.36. The summed E-state index contributed by atoms with van der Waals surface area (Å²) in [6.07, 6.45) is 0. The van der Waals surface area contributed by atoms with Crippen molar-refractivity contribution >= 4 is 0 Å². The van der Waals surface area contributed by atoms with Gasteiger partial charge in [-0.3, -0.25) is 4.90 Å². The number of benzene rings is 1. The van der Waals surface area contributed by atoms with Gasteiger partial charge in [0.05, 0.1) is 17.1 Å². The van der Waals surface area contributed by atoms with Crippen molar-refractivity contribution in [3.63, 3.8) is 0 Å². The Morgan fingerprint density at radius 1 is 1.18 bits per heavy atom. The number of rotatable bonds is 1. The van der Waals surface area contributed by atoms with Gasteiger partial charge in [0.25, 0.3) is 0 Å². The molecule has 4 nitrogen and oxygen atoms in total.